The third-order valence-electron chi connectivity index (χ3n) is 3.54. The molecule has 0 aliphatic carbocycles. The van der Waals surface area contributed by atoms with Crippen LogP contribution in [0, 0.1) is 5.92 Å². The van der Waals surface area contributed by atoms with E-state index in [1.54, 1.807) is 0 Å². The van der Waals surface area contributed by atoms with Crippen LogP contribution in [0.2, 0.25) is 0 Å². The SMILES string of the molecule is CCc1ccc(CCOCCNCC(C)C)cc1CC. The smallest absolute Gasteiger partial charge is 0.0591 e. The molecule has 0 unspecified atom stereocenters. The van der Waals surface area contributed by atoms with Crippen molar-refractivity contribution in [2.24, 2.45) is 5.92 Å². The second-order valence-corrected chi connectivity index (χ2v) is 5.77. The lowest BCUT2D eigenvalue weighted by Gasteiger charge is -2.10. The average molecular weight is 277 g/mol. The fourth-order valence-corrected chi connectivity index (χ4v) is 2.34. The van der Waals surface area contributed by atoms with E-state index in [1.807, 2.05) is 0 Å². The number of hydrogen-bond acceptors (Lipinski definition) is 2. The lowest BCUT2D eigenvalue weighted by atomic mass is 9.99. The quantitative estimate of drug-likeness (QED) is 0.660. The summed E-state index contributed by atoms with van der Waals surface area (Å²) in [7, 11) is 0. The van der Waals surface area contributed by atoms with Crippen LogP contribution < -0.4 is 5.32 Å². The summed E-state index contributed by atoms with van der Waals surface area (Å²) in [4.78, 5) is 0. The zero-order valence-electron chi connectivity index (χ0n) is 13.7. The van der Waals surface area contributed by atoms with Gasteiger partial charge in [-0.3, -0.25) is 0 Å². The zero-order chi connectivity index (χ0) is 14.8. The Morgan fingerprint density at radius 1 is 1.05 bits per heavy atom. The maximum atomic E-state index is 5.69. The van der Waals surface area contributed by atoms with Gasteiger partial charge in [0.1, 0.15) is 0 Å². The Hall–Kier alpha value is -0.860. The van der Waals surface area contributed by atoms with Crippen molar-refractivity contribution in [3.05, 3.63) is 34.9 Å². The van der Waals surface area contributed by atoms with Crippen molar-refractivity contribution >= 4 is 0 Å². The highest BCUT2D eigenvalue weighted by Gasteiger charge is 2.01. The molecule has 2 heteroatoms. The Bertz CT molecular complexity index is 374. The van der Waals surface area contributed by atoms with Gasteiger partial charge in [0.15, 0.2) is 0 Å². The highest BCUT2D eigenvalue weighted by molar-refractivity contribution is 5.32. The van der Waals surface area contributed by atoms with E-state index in [9.17, 15) is 0 Å². The van der Waals surface area contributed by atoms with Gasteiger partial charge >= 0.3 is 0 Å². The molecule has 0 aliphatic heterocycles. The second kappa shape index (κ2) is 9.95. The van der Waals surface area contributed by atoms with Gasteiger partial charge in [0, 0.05) is 6.54 Å². The normalized spacial score (nSPS) is 11.2. The van der Waals surface area contributed by atoms with E-state index in [0.29, 0.717) is 5.92 Å². The average Bonchev–Trinajstić information content (AvgIpc) is 2.45. The molecule has 0 fully saturated rings. The topological polar surface area (TPSA) is 21.3 Å². The van der Waals surface area contributed by atoms with E-state index >= 15 is 0 Å². The summed E-state index contributed by atoms with van der Waals surface area (Å²) in [5.74, 6) is 0.708. The summed E-state index contributed by atoms with van der Waals surface area (Å²) < 4.78 is 5.69. The van der Waals surface area contributed by atoms with E-state index in [-0.39, 0.29) is 0 Å². The Kier molecular flexibility index (Phi) is 8.56. The molecule has 1 N–H and O–H groups in total. The lowest BCUT2D eigenvalue weighted by Crippen LogP contribution is -2.24. The minimum Gasteiger partial charge on any atom is -0.380 e. The van der Waals surface area contributed by atoms with Gasteiger partial charge in [-0.2, -0.15) is 0 Å². The van der Waals surface area contributed by atoms with Crippen molar-refractivity contribution in [1.82, 2.24) is 5.32 Å². The summed E-state index contributed by atoms with van der Waals surface area (Å²) in [6.07, 6.45) is 3.26. The van der Waals surface area contributed by atoms with Crippen molar-refractivity contribution in [3.63, 3.8) is 0 Å². The van der Waals surface area contributed by atoms with E-state index in [1.165, 1.54) is 16.7 Å². The van der Waals surface area contributed by atoms with Crippen molar-refractivity contribution in [2.45, 2.75) is 47.0 Å². The molecule has 0 atom stereocenters. The standard InChI is InChI=1S/C18H31NO/c1-5-17-8-7-16(13-18(17)6-2)9-11-20-12-10-19-14-15(3)4/h7-8,13,15,19H,5-6,9-12,14H2,1-4H3. The number of hydrogen-bond donors (Lipinski definition) is 1. The number of ether oxygens (including phenoxy) is 1. The highest BCUT2D eigenvalue weighted by atomic mass is 16.5. The van der Waals surface area contributed by atoms with Crippen molar-refractivity contribution in [1.29, 1.82) is 0 Å². The maximum Gasteiger partial charge on any atom is 0.0591 e. The molecule has 0 saturated carbocycles. The molecule has 0 aromatic heterocycles. The third kappa shape index (κ3) is 6.53. The minimum atomic E-state index is 0.708. The first-order valence-electron chi connectivity index (χ1n) is 8.06. The second-order valence-electron chi connectivity index (χ2n) is 5.77. The maximum absolute atomic E-state index is 5.69. The predicted octanol–water partition coefficient (Wildman–Crippen LogP) is 3.62. The van der Waals surface area contributed by atoms with Gasteiger partial charge in [-0.1, -0.05) is 45.9 Å². The van der Waals surface area contributed by atoms with Gasteiger partial charge in [-0.05, 0) is 48.4 Å². The molecule has 0 amide bonds. The van der Waals surface area contributed by atoms with Crippen LogP contribution in [0.5, 0.6) is 0 Å². The van der Waals surface area contributed by atoms with E-state index < -0.39 is 0 Å². The first-order chi connectivity index (χ1) is 9.67. The molecule has 0 aliphatic rings. The number of rotatable bonds is 10. The Morgan fingerprint density at radius 3 is 2.45 bits per heavy atom. The van der Waals surface area contributed by atoms with Gasteiger partial charge in [-0.25, -0.2) is 0 Å². The molecular weight excluding hydrogens is 246 g/mol. The molecule has 0 bridgehead atoms. The summed E-state index contributed by atoms with van der Waals surface area (Å²) in [6, 6.07) is 6.87. The van der Waals surface area contributed by atoms with Crippen molar-refractivity contribution in [3.8, 4) is 0 Å². The number of nitrogens with one attached hydrogen (secondary N) is 1. The molecule has 0 radical (unpaired) electrons. The largest absolute Gasteiger partial charge is 0.380 e. The summed E-state index contributed by atoms with van der Waals surface area (Å²) in [5.41, 5.74) is 4.37. The lowest BCUT2D eigenvalue weighted by molar-refractivity contribution is 0.138. The van der Waals surface area contributed by atoms with Gasteiger partial charge < -0.3 is 10.1 Å². The van der Waals surface area contributed by atoms with Gasteiger partial charge in [0.25, 0.3) is 0 Å². The first-order valence-corrected chi connectivity index (χ1v) is 8.06. The molecule has 2 nitrogen and oxygen atoms in total. The minimum absolute atomic E-state index is 0.708. The number of aryl methyl sites for hydroxylation is 2. The molecule has 1 aromatic rings. The van der Waals surface area contributed by atoms with Crippen LogP contribution in [-0.4, -0.2) is 26.3 Å². The molecule has 0 spiro atoms. The van der Waals surface area contributed by atoms with E-state index in [4.69, 9.17) is 4.74 Å². The van der Waals surface area contributed by atoms with Crippen molar-refractivity contribution in [2.75, 3.05) is 26.3 Å². The van der Waals surface area contributed by atoms with Crippen LogP contribution in [0.3, 0.4) is 0 Å². The van der Waals surface area contributed by atoms with Crippen LogP contribution in [0.4, 0.5) is 0 Å². The fourth-order valence-electron chi connectivity index (χ4n) is 2.34. The summed E-state index contributed by atoms with van der Waals surface area (Å²) in [6.45, 7) is 12.5. The summed E-state index contributed by atoms with van der Waals surface area (Å²) in [5, 5.41) is 3.39. The van der Waals surface area contributed by atoms with Crippen LogP contribution in [0.1, 0.15) is 44.4 Å². The first kappa shape index (κ1) is 17.2. The monoisotopic (exact) mass is 277 g/mol. The van der Waals surface area contributed by atoms with Gasteiger partial charge in [0.2, 0.25) is 0 Å². The third-order valence-corrected chi connectivity index (χ3v) is 3.54. The summed E-state index contributed by atoms with van der Waals surface area (Å²) >= 11 is 0. The highest BCUT2D eigenvalue weighted by Crippen LogP contribution is 2.14. The Morgan fingerprint density at radius 2 is 1.80 bits per heavy atom. The van der Waals surface area contributed by atoms with Gasteiger partial charge in [0.05, 0.1) is 13.2 Å². The van der Waals surface area contributed by atoms with Crippen LogP contribution in [0.25, 0.3) is 0 Å². The Labute approximate surface area is 124 Å². The molecule has 1 rings (SSSR count). The molecule has 1 aromatic carbocycles. The molecular formula is C18H31NO. The van der Waals surface area contributed by atoms with Crippen molar-refractivity contribution < 1.29 is 4.74 Å². The zero-order valence-corrected chi connectivity index (χ0v) is 13.7. The van der Waals surface area contributed by atoms with Crippen LogP contribution in [0.15, 0.2) is 18.2 Å². The van der Waals surface area contributed by atoms with Gasteiger partial charge in [-0.15, -0.1) is 0 Å². The van der Waals surface area contributed by atoms with Crippen LogP contribution in [-0.2, 0) is 24.0 Å². The molecule has 20 heavy (non-hydrogen) atoms. The van der Waals surface area contributed by atoms with E-state index in [2.05, 4.69) is 51.2 Å². The number of benzene rings is 1. The molecule has 0 heterocycles. The fraction of sp³-hybridized carbons (Fsp3) is 0.667. The molecule has 114 valence electrons. The molecule has 0 saturated heterocycles. The van der Waals surface area contributed by atoms with Crippen LogP contribution >= 0.6 is 0 Å². The Balaban J connectivity index is 2.22. The van der Waals surface area contributed by atoms with E-state index in [0.717, 1.165) is 45.6 Å². The predicted molar refractivity (Wildman–Crippen MR) is 87.4 cm³/mol.